The molecule has 1 aliphatic rings. The number of thiazole rings is 1. The highest BCUT2D eigenvalue weighted by atomic mass is 35.5. The first-order chi connectivity index (χ1) is 10.2. The molecule has 0 bridgehead atoms. The van der Waals surface area contributed by atoms with Crippen LogP contribution in [0.25, 0.3) is 10.7 Å². The van der Waals surface area contributed by atoms with E-state index in [1.807, 2.05) is 10.1 Å². The Morgan fingerprint density at radius 3 is 2.76 bits per heavy atom. The molecule has 2 aromatic heterocycles. The highest BCUT2D eigenvalue weighted by Crippen LogP contribution is 2.34. The number of morpholine rings is 1. The molecule has 5 nitrogen and oxygen atoms in total. The normalized spacial score (nSPS) is 16.8. The standard InChI is InChI=1S/C14H19ClN4OS/c1-10(2)19-13(14-16-3-8-21-14)12(15)11(17-19)9-18-4-6-20-7-5-18/h3,8,10H,4-7,9H2,1-2H3. The summed E-state index contributed by atoms with van der Waals surface area (Å²) in [6.45, 7) is 8.40. The van der Waals surface area contributed by atoms with Gasteiger partial charge in [-0.2, -0.15) is 5.10 Å². The number of halogens is 1. The molecule has 0 aromatic carbocycles. The third-order valence-electron chi connectivity index (χ3n) is 3.52. The Kier molecular flexibility index (Phi) is 4.59. The molecule has 1 aliphatic heterocycles. The molecule has 0 saturated carbocycles. The van der Waals surface area contributed by atoms with E-state index in [0.717, 1.165) is 54.3 Å². The van der Waals surface area contributed by atoms with Gasteiger partial charge in [-0.05, 0) is 13.8 Å². The van der Waals surface area contributed by atoms with Crippen molar-refractivity contribution in [2.75, 3.05) is 26.3 Å². The van der Waals surface area contributed by atoms with Gasteiger partial charge in [0.25, 0.3) is 0 Å². The Morgan fingerprint density at radius 2 is 2.14 bits per heavy atom. The summed E-state index contributed by atoms with van der Waals surface area (Å²) in [5.41, 5.74) is 1.86. The molecule has 0 atom stereocenters. The van der Waals surface area contributed by atoms with Crippen LogP contribution in [0.2, 0.25) is 5.02 Å². The van der Waals surface area contributed by atoms with Gasteiger partial charge in [0.05, 0.1) is 23.9 Å². The van der Waals surface area contributed by atoms with Crippen molar-refractivity contribution in [2.45, 2.75) is 26.4 Å². The fraction of sp³-hybridized carbons (Fsp3) is 0.571. The van der Waals surface area contributed by atoms with Crippen LogP contribution in [0.1, 0.15) is 25.6 Å². The number of nitrogens with zero attached hydrogens (tertiary/aromatic N) is 4. The fourth-order valence-corrected chi connectivity index (χ4v) is 3.45. The average molecular weight is 327 g/mol. The third kappa shape index (κ3) is 3.13. The van der Waals surface area contributed by atoms with Crippen molar-refractivity contribution in [2.24, 2.45) is 0 Å². The van der Waals surface area contributed by atoms with E-state index in [4.69, 9.17) is 21.4 Å². The van der Waals surface area contributed by atoms with Crippen molar-refractivity contribution in [1.82, 2.24) is 19.7 Å². The second kappa shape index (κ2) is 6.44. The van der Waals surface area contributed by atoms with Gasteiger partial charge in [-0.1, -0.05) is 11.6 Å². The molecule has 7 heteroatoms. The molecule has 21 heavy (non-hydrogen) atoms. The summed E-state index contributed by atoms with van der Waals surface area (Å²) < 4.78 is 7.37. The van der Waals surface area contributed by atoms with Crippen LogP contribution >= 0.6 is 22.9 Å². The lowest BCUT2D eigenvalue weighted by Gasteiger charge is -2.25. The van der Waals surface area contributed by atoms with Gasteiger partial charge in [-0.15, -0.1) is 11.3 Å². The smallest absolute Gasteiger partial charge is 0.143 e. The summed E-state index contributed by atoms with van der Waals surface area (Å²) in [5.74, 6) is 0. The Morgan fingerprint density at radius 1 is 1.38 bits per heavy atom. The SMILES string of the molecule is CC(C)n1nc(CN2CCOCC2)c(Cl)c1-c1nccs1. The van der Waals surface area contributed by atoms with Crippen molar-refractivity contribution < 1.29 is 4.74 Å². The fourth-order valence-electron chi connectivity index (χ4n) is 2.44. The molecule has 1 saturated heterocycles. The maximum atomic E-state index is 6.61. The second-order valence-electron chi connectivity index (χ2n) is 5.37. The summed E-state index contributed by atoms with van der Waals surface area (Å²) in [5, 5.41) is 8.34. The molecule has 0 radical (unpaired) electrons. The van der Waals surface area contributed by atoms with Crippen molar-refractivity contribution in [1.29, 1.82) is 0 Å². The number of aromatic nitrogens is 3. The molecule has 0 N–H and O–H groups in total. The zero-order valence-electron chi connectivity index (χ0n) is 12.3. The molecule has 2 aromatic rings. The Labute approximate surface area is 133 Å². The predicted molar refractivity (Wildman–Crippen MR) is 84.8 cm³/mol. The molecule has 3 rings (SSSR count). The molecule has 0 unspecified atom stereocenters. The molecule has 1 fully saturated rings. The van der Waals surface area contributed by atoms with E-state index in [2.05, 4.69) is 23.7 Å². The molecular formula is C14H19ClN4OS. The highest BCUT2D eigenvalue weighted by Gasteiger charge is 2.23. The van der Waals surface area contributed by atoms with Gasteiger partial charge >= 0.3 is 0 Å². The molecular weight excluding hydrogens is 308 g/mol. The van der Waals surface area contributed by atoms with E-state index in [-0.39, 0.29) is 6.04 Å². The van der Waals surface area contributed by atoms with E-state index in [9.17, 15) is 0 Å². The average Bonchev–Trinajstić information content (AvgIpc) is 3.09. The van der Waals surface area contributed by atoms with Crippen LogP contribution in [0, 0.1) is 0 Å². The first-order valence-corrected chi connectivity index (χ1v) is 8.39. The van der Waals surface area contributed by atoms with Crippen LogP contribution in [0.3, 0.4) is 0 Å². The number of hydrogen-bond donors (Lipinski definition) is 0. The number of ether oxygens (including phenoxy) is 1. The van der Waals surface area contributed by atoms with Gasteiger partial charge in [-0.25, -0.2) is 4.98 Å². The third-order valence-corrected chi connectivity index (χ3v) is 4.70. The minimum Gasteiger partial charge on any atom is -0.379 e. The van der Waals surface area contributed by atoms with E-state index in [1.165, 1.54) is 0 Å². The topological polar surface area (TPSA) is 43.2 Å². The predicted octanol–water partition coefficient (Wildman–Crippen LogP) is 3.07. The Hall–Kier alpha value is -0.950. The van der Waals surface area contributed by atoms with Gasteiger partial charge in [0.15, 0.2) is 0 Å². The van der Waals surface area contributed by atoms with Crippen LogP contribution < -0.4 is 0 Å². The lowest BCUT2D eigenvalue weighted by Crippen LogP contribution is -2.35. The second-order valence-corrected chi connectivity index (χ2v) is 6.65. The first kappa shape index (κ1) is 15.0. The Bertz CT molecular complexity index is 590. The lowest BCUT2D eigenvalue weighted by molar-refractivity contribution is 0.0335. The molecule has 0 spiro atoms. The zero-order chi connectivity index (χ0) is 14.8. The quantitative estimate of drug-likeness (QED) is 0.866. The monoisotopic (exact) mass is 326 g/mol. The highest BCUT2D eigenvalue weighted by molar-refractivity contribution is 7.13. The molecule has 0 amide bonds. The number of rotatable bonds is 4. The molecule has 0 aliphatic carbocycles. The van der Waals surface area contributed by atoms with Crippen LogP contribution in [0.15, 0.2) is 11.6 Å². The van der Waals surface area contributed by atoms with Crippen LogP contribution in [0.5, 0.6) is 0 Å². The van der Waals surface area contributed by atoms with Crippen molar-refractivity contribution in [3.8, 4) is 10.7 Å². The van der Waals surface area contributed by atoms with Gasteiger partial charge in [0, 0.05) is 37.3 Å². The van der Waals surface area contributed by atoms with Crippen LogP contribution in [-0.4, -0.2) is 46.0 Å². The largest absolute Gasteiger partial charge is 0.379 e. The van der Waals surface area contributed by atoms with Crippen molar-refractivity contribution in [3.05, 3.63) is 22.3 Å². The van der Waals surface area contributed by atoms with Crippen molar-refractivity contribution >= 4 is 22.9 Å². The minimum absolute atomic E-state index is 0.250. The van der Waals surface area contributed by atoms with Gasteiger partial charge in [0.2, 0.25) is 0 Å². The van der Waals surface area contributed by atoms with E-state index >= 15 is 0 Å². The van der Waals surface area contributed by atoms with E-state index in [0.29, 0.717) is 0 Å². The molecule has 3 heterocycles. The van der Waals surface area contributed by atoms with Gasteiger partial charge in [-0.3, -0.25) is 9.58 Å². The summed E-state index contributed by atoms with van der Waals surface area (Å²) in [7, 11) is 0. The number of hydrogen-bond acceptors (Lipinski definition) is 5. The van der Waals surface area contributed by atoms with Crippen LogP contribution in [0.4, 0.5) is 0 Å². The zero-order valence-corrected chi connectivity index (χ0v) is 13.8. The maximum absolute atomic E-state index is 6.61. The van der Waals surface area contributed by atoms with E-state index in [1.54, 1.807) is 17.5 Å². The van der Waals surface area contributed by atoms with E-state index < -0.39 is 0 Å². The lowest BCUT2D eigenvalue weighted by atomic mass is 10.3. The van der Waals surface area contributed by atoms with Crippen molar-refractivity contribution in [3.63, 3.8) is 0 Å². The first-order valence-electron chi connectivity index (χ1n) is 7.13. The summed E-state index contributed by atoms with van der Waals surface area (Å²) >= 11 is 8.20. The van der Waals surface area contributed by atoms with Gasteiger partial charge in [0.1, 0.15) is 10.7 Å². The summed E-state index contributed by atoms with van der Waals surface area (Å²) in [6.07, 6.45) is 1.80. The molecule has 114 valence electrons. The van der Waals surface area contributed by atoms with Crippen LogP contribution in [-0.2, 0) is 11.3 Å². The Balaban J connectivity index is 1.92. The maximum Gasteiger partial charge on any atom is 0.143 e. The summed E-state index contributed by atoms with van der Waals surface area (Å²) in [4.78, 5) is 6.72. The summed E-state index contributed by atoms with van der Waals surface area (Å²) in [6, 6.07) is 0.250. The minimum atomic E-state index is 0.250. The van der Waals surface area contributed by atoms with Gasteiger partial charge < -0.3 is 4.74 Å².